The molecule has 3 aromatic carbocycles. The summed E-state index contributed by atoms with van der Waals surface area (Å²) in [5.74, 6) is -0.600. The molecule has 2 N–H and O–H groups in total. The van der Waals surface area contributed by atoms with Crippen LogP contribution < -0.4 is 10.7 Å². The van der Waals surface area contributed by atoms with Crippen molar-refractivity contribution in [3.8, 4) is 0 Å². The first-order valence-corrected chi connectivity index (χ1v) is 9.88. The fraction of sp³-hybridized carbons (Fsp3) is 0.0870. The van der Waals surface area contributed by atoms with Crippen LogP contribution in [0.1, 0.15) is 38.8 Å². The molecular formula is C23H19Cl2N3O2. The zero-order valence-corrected chi connectivity index (χ0v) is 17.9. The predicted octanol–water partition coefficient (Wildman–Crippen LogP) is 5.71. The van der Waals surface area contributed by atoms with Crippen molar-refractivity contribution in [3.63, 3.8) is 0 Å². The molecule has 5 nitrogen and oxygen atoms in total. The van der Waals surface area contributed by atoms with E-state index in [1.54, 1.807) is 49.4 Å². The first kappa shape index (κ1) is 21.6. The molecule has 0 spiro atoms. The number of aryl methyl sites for hydroxylation is 1. The molecule has 2 amide bonds. The molecule has 0 unspecified atom stereocenters. The van der Waals surface area contributed by atoms with Gasteiger partial charge < -0.3 is 5.32 Å². The number of hydrogen-bond donors (Lipinski definition) is 2. The highest BCUT2D eigenvalue weighted by Crippen LogP contribution is 2.22. The van der Waals surface area contributed by atoms with Crippen LogP contribution in [0.15, 0.2) is 71.8 Å². The maximum Gasteiger partial charge on any atom is 0.271 e. The number of hydrazone groups is 1. The van der Waals surface area contributed by atoms with Crippen molar-refractivity contribution in [3.05, 3.63) is 99.0 Å². The summed E-state index contributed by atoms with van der Waals surface area (Å²) in [6.45, 7) is 3.66. The first-order valence-electron chi connectivity index (χ1n) is 9.12. The number of nitrogens with one attached hydrogen (secondary N) is 2. The van der Waals surface area contributed by atoms with Gasteiger partial charge in [-0.2, -0.15) is 5.10 Å². The molecule has 0 aromatic heterocycles. The molecule has 0 aliphatic rings. The first-order chi connectivity index (χ1) is 14.3. The van der Waals surface area contributed by atoms with Crippen molar-refractivity contribution < 1.29 is 9.59 Å². The Morgan fingerprint density at radius 2 is 1.57 bits per heavy atom. The quantitative estimate of drug-likeness (QED) is 0.394. The molecule has 0 aliphatic heterocycles. The van der Waals surface area contributed by atoms with Gasteiger partial charge in [0.15, 0.2) is 0 Å². The molecule has 30 heavy (non-hydrogen) atoms. The molecule has 0 saturated heterocycles. The van der Waals surface area contributed by atoms with E-state index < -0.39 is 0 Å². The molecule has 3 rings (SSSR count). The Kier molecular flexibility index (Phi) is 6.87. The van der Waals surface area contributed by atoms with Crippen LogP contribution in [0.5, 0.6) is 0 Å². The number of halogens is 2. The lowest BCUT2D eigenvalue weighted by atomic mass is 10.1. The summed E-state index contributed by atoms with van der Waals surface area (Å²) in [6.07, 6.45) is 0. The minimum atomic E-state index is -0.333. The van der Waals surface area contributed by atoms with Crippen molar-refractivity contribution >= 4 is 46.4 Å². The largest absolute Gasteiger partial charge is 0.322 e. The van der Waals surface area contributed by atoms with Crippen LogP contribution in [0.4, 0.5) is 5.69 Å². The van der Waals surface area contributed by atoms with Crippen LogP contribution in [0.3, 0.4) is 0 Å². The van der Waals surface area contributed by atoms with Gasteiger partial charge in [0.05, 0.1) is 16.3 Å². The number of nitrogens with zero attached hydrogens (tertiary/aromatic N) is 1. The molecular weight excluding hydrogens is 421 g/mol. The Balaban J connectivity index is 1.66. The van der Waals surface area contributed by atoms with E-state index in [4.69, 9.17) is 23.2 Å². The van der Waals surface area contributed by atoms with Gasteiger partial charge in [-0.05, 0) is 61.4 Å². The number of benzene rings is 3. The van der Waals surface area contributed by atoms with Crippen molar-refractivity contribution in [2.24, 2.45) is 5.10 Å². The number of anilines is 1. The molecule has 7 heteroatoms. The van der Waals surface area contributed by atoms with Crippen LogP contribution in [0, 0.1) is 6.92 Å². The Morgan fingerprint density at radius 3 is 2.23 bits per heavy atom. The smallest absolute Gasteiger partial charge is 0.271 e. The van der Waals surface area contributed by atoms with E-state index >= 15 is 0 Å². The van der Waals surface area contributed by atoms with Gasteiger partial charge in [0.25, 0.3) is 11.8 Å². The molecule has 0 aliphatic carbocycles. The lowest BCUT2D eigenvalue weighted by Crippen LogP contribution is -2.20. The summed E-state index contributed by atoms with van der Waals surface area (Å²) in [5, 5.41) is 7.70. The monoisotopic (exact) mass is 439 g/mol. The Bertz CT molecular complexity index is 1130. The van der Waals surface area contributed by atoms with Gasteiger partial charge in [-0.15, -0.1) is 0 Å². The van der Waals surface area contributed by atoms with E-state index in [1.165, 1.54) is 6.07 Å². The Labute approximate surface area is 184 Å². The fourth-order valence-corrected chi connectivity index (χ4v) is 3.25. The molecule has 0 atom stereocenters. The SMILES string of the molecule is C/C(=N\NC(=O)c1ccccc1C)c1ccc(NC(=O)c2ccc(Cl)cc2Cl)cc1. The van der Waals surface area contributed by atoms with Crippen molar-refractivity contribution in [1.82, 2.24) is 5.43 Å². The average Bonchev–Trinajstić information content (AvgIpc) is 2.72. The standard InChI is InChI=1S/C23H19Cl2N3O2/c1-14-5-3-4-6-19(14)23(30)28-27-15(2)16-7-10-18(11-8-16)26-22(29)20-12-9-17(24)13-21(20)25/h3-13H,1-2H3,(H,26,29)(H,28,30)/b27-15+. The summed E-state index contributed by atoms with van der Waals surface area (Å²) in [4.78, 5) is 24.7. The highest BCUT2D eigenvalue weighted by atomic mass is 35.5. The van der Waals surface area contributed by atoms with E-state index in [1.807, 2.05) is 25.1 Å². The van der Waals surface area contributed by atoms with Crippen LogP contribution in [0.25, 0.3) is 0 Å². The highest BCUT2D eigenvalue weighted by molar-refractivity contribution is 6.37. The van der Waals surface area contributed by atoms with Crippen LogP contribution in [-0.4, -0.2) is 17.5 Å². The maximum absolute atomic E-state index is 12.4. The van der Waals surface area contributed by atoms with E-state index in [9.17, 15) is 9.59 Å². The third-order valence-corrected chi connectivity index (χ3v) is 5.00. The number of amides is 2. The summed E-state index contributed by atoms with van der Waals surface area (Å²) >= 11 is 11.9. The maximum atomic E-state index is 12.4. The number of carbonyl (C=O) groups is 2. The number of rotatable bonds is 5. The van der Waals surface area contributed by atoms with Crippen LogP contribution in [0.2, 0.25) is 10.0 Å². The molecule has 0 radical (unpaired) electrons. The van der Waals surface area contributed by atoms with Gasteiger partial charge in [-0.25, -0.2) is 5.43 Å². The molecule has 0 bridgehead atoms. The fourth-order valence-electron chi connectivity index (χ4n) is 2.75. The average molecular weight is 440 g/mol. The van der Waals surface area contributed by atoms with E-state index in [0.717, 1.165) is 11.1 Å². The minimum absolute atomic E-state index is 0.267. The number of hydrogen-bond acceptors (Lipinski definition) is 3. The second kappa shape index (κ2) is 9.57. The summed E-state index contributed by atoms with van der Waals surface area (Å²) in [6, 6.07) is 19.1. The molecule has 152 valence electrons. The lowest BCUT2D eigenvalue weighted by Gasteiger charge is -2.08. The van der Waals surface area contributed by atoms with Crippen molar-refractivity contribution in [2.45, 2.75) is 13.8 Å². The van der Waals surface area contributed by atoms with Crippen molar-refractivity contribution in [2.75, 3.05) is 5.32 Å². The third-order valence-electron chi connectivity index (χ3n) is 4.45. The molecule has 0 saturated carbocycles. The van der Waals surface area contributed by atoms with Crippen LogP contribution >= 0.6 is 23.2 Å². The van der Waals surface area contributed by atoms with Gasteiger partial charge in [-0.1, -0.05) is 53.5 Å². The van der Waals surface area contributed by atoms with Crippen molar-refractivity contribution in [1.29, 1.82) is 0 Å². The summed E-state index contributed by atoms with van der Waals surface area (Å²) < 4.78 is 0. The van der Waals surface area contributed by atoms with Gasteiger partial charge in [0, 0.05) is 16.3 Å². The second-order valence-electron chi connectivity index (χ2n) is 6.61. The number of carbonyl (C=O) groups excluding carboxylic acids is 2. The molecule has 3 aromatic rings. The normalized spacial score (nSPS) is 11.1. The van der Waals surface area contributed by atoms with E-state index in [0.29, 0.717) is 27.5 Å². The predicted molar refractivity (Wildman–Crippen MR) is 122 cm³/mol. The Morgan fingerprint density at radius 1 is 0.867 bits per heavy atom. The minimum Gasteiger partial charge on any atom is -0.322 e. The van der Waals surface area contributed by atoms with Gasteiger partial charge in [0.1, 0.15) is 0 Å². The van der Waals surface area contributed by atoms with Crippen LogP contribution in [-0.2, 0) is 0 Å². The molecule has 0 fully saturated rings. The third kappa shape index (κ3) is 5.26. The van der Waals surface area contributed by atoms with Gasteiger partial charge in [0.2, 0.25) is 0 Å². The second-order valence-corrected chi connectivity index (χ2v) is 7.45. The molecule has 0 heterocycles. The zero-order valence-electron chi connectivity index (χ0n) is 16.4. The Hall–Kier alpha value is -3.15. The summed E-state index contributed by atoms with van der Waals surface area (Å²) in [7, 11) is 0. The van der Waals surface area contributed by atoms with E-state index in [2.05, 4.69) is 15.8 Å². The lowest BCUT2D eigenvalue weighted by molar-refractivity contribution is 0.0953. The summed E-state index contributed by atoms with van der Waals surface area (Å²) in [5.41, 5.74) is 6.41. The van der Waals surface area contributed by atoms with E-state index in [-0.39, 0.29) is 16.8 Å². The van der Waals surface area contributed by atoms with Gasteiger partial charge >= 0.3 is 0 Å². The topological polar surface area (TPSA) is 70.6 Å². The highest BCUT2D eigenvalue weighted by Gasteiger charge is 2.11. The van der Waals surface area contributed by atoms with Gasteiger partial charge in [-0.3, -0.25) is 9.59 Å². The zero-order chi connectivity index (χ0) is 21.7.